The molecule has 0 amide bonds. The highest BCUT2D eigenvalue weighted by Gasteiger charge is 2.35. The number of pyridine rings is 1. The van der Waals surface area contributed by atoms with E-state index in [-0.39, 0.29) is 17.5 Å². The summed E-state index contributed by atoms with van der Waals surface area (Å²) in [5, 5.41) is 0.411. The summed E-state index contributed by atoms with van der Waals surface area (Å²) >= 11 is 0. The molecule has 2 aliphatic rings. The summed E-state index contributed by atoms with van der Waals surface area (Å²) in [6, 6.07) is 5.43. The Morgan fingerprint density at radius 3 is 2.60 bits per heavy atom. The molecule has 2 fully saturated rings. The summed E-state index contributed by atoms with van der Waals surface area (Å²) in [7, 11) is -1.59. The first-order chi connectivity index (χ1) is 16.5. The molecule has 35 heavy (non-hydrogen) atoms. The minimum Gasteiger partial charge on any atom is -0.369 e. The van der Waals surface area contributed by atoms with E-state index < -0.39 is 21.9 Å². The minimum absolute atomic E-state index is 0.0940. The molecule has 2 N–H and O–H groups in total. The molecule has 0 saturated carbocycles. The number of fused-ring (bicyclic) bond motifs is 1. The number of hydrogen-bond donors (Lipinski definition) is 2. The van der Waals surface area contributed by atoms with Crippen LogP contribution in [-0.4, -0.2) is 64.1 Å². The molecule has 2 atom stereocenters. The first kappa shape index (κ1) is 26.1. The lowest BCUT2D eigenvalue weighted by molar-refractivity contribution is -0.136. The number of aromatic nitrogens is 1. The highest BCUT2D eigenvalue weighted by molar-refractivity contribution is 7.87. The van der Waals surface area contributed by atoms with Crippen molar-refractivity contribution in [1.82, 2.24) is 19.3 Å². The lowest BCUT2D eigenvalue weighted by Crippen LogP contribution is -2.53. The molecule has 1 aromatic carbocycles. The third kappa shape index (κ3) is 6.63. The first-order valence-corrected chi connectivity index (χ1v) is 13.7. The molecule has 3 heterocycles. The largest absolute Gasteiger partial charge is 0.418 e. The first-order valence-electron chi connectivity index (χ1n) is 12.2. The van der Waals surface area contributed by atoms with Gasteiger partial charge in [-0.05, 0) is 81.9 Å². The highest BCUT2D eigenvalue weighted by Crippen LogP contribution is 2.38. The van der Waals surface area contributed by atoms with Crippen LogP contribution in [0.4, 0.5) is 18.9 Å². The van der Waals surface area contributed by atoms with Gasteiger partial charge in [-0.1, -0.05) is 6.92 Å². The number of likely N-dealkylation sites (tertiary alicyclic amines) is 1. The third-order valence-electron chi connectivity index (χ3n) is 7.06. The van der Waals surface area contributed by atoms with E-state index in [0.717, 1.165) is 38.4 Å². The van der Waals surface area contributed by atoms with Crippen molar-refractivity contribution in [3.63, 3.8) is 0 Å². The second kappa shape index (κ2) is 10.6. The van der Waals surface area contributed by atoms with Gasteiger partial charge >= 0.3 is 6.18 Å². The highest BCUT2D eigenvalue weighted by atomic mass is 32.2. The van der Waals surface area contributed by atoms with Crippen molar-refractivity contribution in [2.75, 3.05) is 44.7 Å². The minimum atomic E-state index is -4.50. The van der Waals surface area contributed by atoms with Crippen LogP contribution in [0.3, 0.4) is 0 Å². The molecule has 4 rings (SSSR count). The molecule has 0 aliphatic carbocycles. The second-order valence-corrected chi connectivity index (χ2v) is 11.6. The van der Waals surface area contributed by atoms with E-state index >= 15 is 0 Å². The predicted molar refractivity (Wildman–Crippen MR) is 131 cm³/mol. The Bertz CT molecular complexity index is 1120. The fourth-order valence-electron chi connectivity index (χ4n) is 5.30. The van der Waals surface area contributed by atoms with Crippen molar-refractivity contribution in [3.05, 3.63) is 36.0 Å². The zero-order valence-corrected chi connectivity index (χ0v) is 21.0. The molecule has 11 heteroatoms. The molecule has 7 nitrogen and oxygen atoms in total. The zero-order valence-electron chi connectivity index (χ0n) is 20.2. The van der Waals surface area contributed by atoms with Gasteiger partial charge in [-0.25, -0.2) is 4.72 Å². The Hall–Kier alpha value is -1.95. The molecule has 194 valence electrons. The maximum absolute atomic E-state index is 13.5. The van der Waals surface area contributed by atoms with Gasteiger partial charge in [0.2, 0.25) is 0 Å². The predicted octanol–water partition coefficient (Wildman–Crippen LogP) is 3.62. The fourth-order valence-corrected chi connectivity index (χ4v) is 6.38. The van der Waals surface area contributed by atoms with E-state index in [1.165, 1.54) is 12.3 Å². The number of piperidine rings is 2. The van der Waals surface area contributed by atoms with Crippen molar-refractivity contribution in [3.8, 4) is 0 Å². The summed E-state index contributed by atoms with van der Waals surface area (Å²) in [6.45, 7) is 5.49. The smallest absolute Gasteiger partial charge is 0.369 e. The van der Waals surface area contributed by atoms with E-state index in [1.807, 2.05) is 11.8 Å². The second-order valence-electron chi connectivity index (χ2n) is 10.0. The van der Waals surface area contributed by atoms with Gasteiger partial charge < -0.3 is 9.80 Å². The SMILES string of the molecule is C[C@H]1C[C@@H](NS(=O)(=O)NCCC2CCN(C)CC2)CN(c2ccc(C(F)(F)F)c3ncccc23)C1. The van der Waals surface area contributed by atoms with Crippen molar-refractivity contribution in [2.24, 2.45) is 11.8 Å². The zero-order chi connectivity index (χ0) is 25.2. The Kier molecular flexibility index (Phi) is 7.89. The molecule has 0 spiro atoms. The molecule has 2 aliphatic heterocycles. The van der Waals surface area contributed by atoms with Gasteiger partial charge in [0.15, 0.2) is 0 Å². The van der Waals surface area contributed by atoms with Crippen LogP contribution in [0.1, 0.15) is 38.2 Å². The number of anilines is 1. The molecule has 0 unspecified atom stereocenters. The molecule has 0 bridgehead atoms. The summed E-state index contributed by atoms with van der Waals surface area (Å²) in [5.41, 5.74) is -0.233. The number of nitrogens with one attached hydrogen (secondary N) is 2. The van der Waals surface area contributed by atoms with Gasteiger partial charge in [-0.3, -0.25) is 4.98 Å². The van der Waals surface area contributed by atoms with E-state index in [9.17, 15) is 21.6 Å². The average molecular weight is 514 g/mol. The Morgan fingerprint density at radius 2 is 1.89 bits per heavy atom. The molecule has 2 aromatic rings. The normalized spacial score (nSPS) is 23.2. The van der Waals surface area contributed by atoms with Crippen LogP contribution in [0.25, 0.3) is 10.9 Å². The maximum Gasteiger partial charge on any atom is 0.418 e. The van der Waals surface area contributed by atoms with Crippen LogP contribution in [0.15, 0.2) is 30.5 Å². The van der Waals surface area contributed by atoms with Gasteiger partial charge in [0.05, 0.1) is 11.1 Å². The summed E-state index contributed by atoms with van der Waals surface area (Å²) < 4.78 is 71.4. The third-order valence-corrected chi connectivity index (χ3v) is 8.28. The maximum atomic E-state index is 13.5. The van der Waals surface area contributed by atoms with Crippen LogP contribution in [0.2, 0.25) is 0 Å². The number of hydrogen-bond acceptors (Lipinski definition) is 5. The number of rotatable bonds is 7. The molecular formula is C24H34F3N5O2S. The lowest BCUT2D eigenvalue weighted by Gasteiger charge is -2.38. The van der Waals surface area contributed by atoms with Crippen LogP contribution < -0.4 is 14.3 Å². The number of alkyl halides is 3. The summed E-state index contributed by atoms with van der Waals surface area (Å²) in [6.07, 6.45) is 0.481. The number of halogens is 3. The molecule has 2 saturated heterocycles. The van der Waals surface area contributed by atoms with E-state index in [0.29, 0.717) is 43.0 Å². The van der Waals surface area contributed by atoms with Crippen LogP contribution in [0.5, 0.6) is 0 Å². The van der Waals surface area contributed by atoms with Gasteiger partial charge in [0.25, 0.3) is 10.2 Å². The monoisotopic (exact) mass is 513 g/mol. The number of nitrogens with zero attached hydrogens (tertiary/aromatic N) is 3. The lowest BCUT2D eigenvalue weighted by atomic mass is 9.94. The summed E-state index contributed by atoms with van der Waals surface area (Å²) in [4.78, 5) is 8.25. The fraction of sp³-hybridized carbons (Fsp3) is 0.625. The van der Waals surface area contributed by atoms with Crippen LogP contribution in [0, 0.1) is 11.8 Å². The van der Waals surface area contributed by atoms with Crippen LogP contribution >= 0.6 is 0 Å². The van der Waals surface area contributed by atoms with E-state index in [4.69, 9.17) is 0 Å². The van der Waals surface area contributed by atoms with Crippen molar-refractivity contribution >= 4 is 26.8 Å². The van der Waals surface area contributed by atoms with Crippen molar-refractivity contribution in [1.29, 1.82) is 0 Å². The van der Waals surface area contributed by atoms with E-state index in [1.54, 1.807) is 12.1 Å². The summed E-state index contributed by atoms with van der Waals surface area (Å²) in [5.74, 6) is 0.686. The quantitative estimate of drug-likeness (QED) is 0.592. The molecule has 0 radical (unpaired) electrons. The van der Waals surface area contributed by atoms with Gasteiger partial charge in [0, 0.05) is 42.9 Å². The van der Waals surface area contributed by atoms with Gasteiger partial charge in [0.1, 0.15) is 0 Å². The average Bonchev–Trinajstić information content (AvgIpc) is 2.78. The number of benzene rings is 1. The van der Waals surface area contributed by atoms with Gasteiger partial charge in [-0.15, -0.1) is 0 Å². The topological polar surface area (TPSA) is 77.6 Å². The standard InChI is InChI=1S/C24H34F3N5O2S/c1-17-14-19(30-35(33,34)29-11-7-18-8-12-31(2)13-9-18)16-32(15-17)22-6-5-21(24(25,26)27)23-20(22)4-3-10-28-23/h3-6,10,17-19,29-30H,7-9,11-16H2,1-2H3/t17-,19+/m0/s1. The van der Waals surface area contributed by atoms with Gasteiger partial charge in [-0.2, -0.15) is 26.3 Å². The van der Waals surface area contributed by atoms with E-state index in [2.05, 4.69) is 26.4 Å². The molecule has 1 aromatic heterocycles. The Morgan fingerprint density at radius 1 is 1.14 bits per heavy atom. The van der Waals surface area contributed by atoms with Crippen molar-refractivity contribution < 1.29 is 21.6 Å². The Labute approximate surface area is 205 Å². The molecular weight excluding hydrogens is 479 g/mol. The van der Waals surface area contributed by atoms with Crippen molar-refractivity contribution in [2.45, 2.75) is 44.8 Å². The van der Waals surface area contributed by atoms with Crippen LogP contribution in [-0.2, 0) is 16.4 Å². The Balaban J connectivity index is 1.43.